The lowest BCUT2D eigenvalue weighted by Gasteiger charge is -2.16. The molecule has 0 atom stereocenters. The minimum atomic E-state index is -1.22. The monoisotopic (exact) mass is 480 g/mol. The second-order valence-electron chi connectivity index (χ2n) is 8.20. The van der Waals surface area contributed by atoms with Crippen molar-refractivity contribution < 1.29 is 23.1 Å². The van der Waals surface area contributed by atoms with Crippen molar-refractivity contribution in [2.24, 2.45) is 10.9 Å². The van der Waals surface area contributed by atoms with Gasteiger partial charge < -0.3 is 9.30 Å². The second-order valence-corrected chi connectivity index (χ2v) is 8.20. The molecule has 8 nitrogen and oxygen atoms in total. The Bertz CT molecular complexity index is 1590. The third-order valence-electron chi connectivity index (χ3n) is 5.22. The number of pyridine rings is 2. The molecule has 0 unspecified atom stereocenters. The van der Waals surface area contributed by atoms with E-state index in [1.807, 2.05) is 13.8 Å². The van der Waals surface area contributed by atoms with E-state index in [0.29, 0.717) is 5.65 Å². The van der Waals surface area contributed by atoms with E-state index in [2.05, 4.69) is 9.98 Å². The van der Waals surface area contributed by atoms with E-state index in [1.165, 1.54) is 15.0 Å². The van der Waals surface area contributed by atoms with Crippen molar-refractivity contribution in [3.05, 3.63) is 87.3 Å². The number of hydrogen-bond donors (Lipinski definition) is 0. The van der Waals surface area contributed by atoms with E-state index in [4.69, 9.17) is 4.74 Å². The number of amides is 1. The summed E-state index contributed by atoms with van der Waals surface area (Å²) < 4.78 is 36.5. The quantitative estimate of drug-likeness (QED) is 0.322. The molecule has 10 heteroatoms. The van der Waals surface area contributed by atoms with Gasteiger partial charge in [0.15, 0.2) is 5.49 Å². The molecule has 0 aliphatic carbocycles. The molecule has 35 heavy (non-hydrogen) atoms. The number of hydrogen-bond acceptors (Lipinski definition) is 5. The zero-order valence-electron chi connectivity index (χ0n) is 19.3. The first kappa shape index (κ1) is 23.9. The van der Waals surface area contributed by atoms with Crippen molar-refractivity contribution in [3.8, 4) is 0 Å². The van der Waals surface area contributed by atoms with Crippen LogP contribution >= 0.6 is 0 Å². The van der Waals surface area contributed by atoms with Gasteiger partial charge in [-0.05, 0) is 43.2 Å². The highest BCUT2D eigenvalue weighted by Gasteiger charge is 2.22. The van der Waals surface area contributed by atoms with Crippen molar-refractivity contribution in [2.45, 2.75) is 27.3 Å². The van der Waals surface area contributed by atoms with Crippen molar-refractivity contribution in [1.29, 1.82) is 0 Å². The van der Waals surface area contributed by atoms with E-state index in [1.54, 1.807) is 31.3 Å². The summed E-state index contributed by atoms with van der Waals surface area (Å²) in [5, 5.41) is 0.0980. The van der Waals surface area contributed by atoms with Crippen LogP contribution in [0.2, 0.25) is 0 Å². The summed E-state index contributed by atoms with van der Waals surface area (Å²) in [4.78, 5) is 47.6. The zero-order valence-corrected chi connectivity index (χ0v) is 19.3. The van der Waals surface area contributed by atoms with Gasteiger partial charge in [0.25, 0.3) is 11.5 Å². The number of fused-ring (bicyclic) bond motifs is 2. The lowest BCUT2D eigenvalue weighted by molar-refractivity contribution is 0.0523. The summed E-state index contributed by atoms with van der Waals surface area (Å²) >= 11 is 0. The molecule has 4 rings (SSSR count). The first-order chi connectivity index (χ1) is 16.7. The van der Waals surface area contributed by atoms with Gasteiger partial charge in [0.1, 0.15) is 34.1 Å². The molecular weight excluding hydrogens is 458 g/mol. The van der Waals surface area contributed by atoms with Crippen LogP contribution in [-0.4, -0.2) is 32.4 Å². The molecule has 0 saturated carbocycles. The van der Waals surface area contributed by atoms with Gasteiger partial charge in [-0.3, -0.25) is 14.0 Å². The fraction of sp³-hybridized carbons (Fsp3) is 0.240. The van der Waals surface area contributed by atoms with E-state index < -0.39 is 34.6 Å². The Kier molecular flexibility index (Phi) is 6.54. The molecule has 0 aliphatic rings. The lowest BCUT2D eigenvalue weighted by atomic mass is 10.1. The third kappa shape index (κ3) is 4.46. The number of rotatable bonds is 5. The SMILES string of the molecule is CCOC(=O)c1cc2c(=O)n3ccccc3nc2n(CC(C)C)c1=NC(=O)c1c(F)cccc1F. The Morgan fingerprint density at radius 2 is 1.83 bits per heavy atom. The number of halogens is 2. The molecule has 0 bridgehead atoms. The van der Waals surface area contributed by atoms with Gasteiger partial charge in [0.2, 0.25) is 0 Å². The van der Waals surface area contributed by atoms with Crippen LogP contribution in [0.15, 0.2) is 58.4 Å². The molecular formula is C25H22F2N4O4. The minimum absolute atomic E-state index is 0.0192. The van der Waals surface area contributed by atoms with Gasteiger partial charge in [-0.1, -0.05) is 26.0 Å². The highest BCUT2D eigenvalue weighted by Crippen LogP contribution is 2.16. The van der Waals surface area contributed by atoms with Crippen molar-refractivity contribution in [3.63, 3.8) is 0 Å². The predicted molar refractivity (Wildman–Crippen MR) is 124 cm³/mol. The average molecular weight is 480 g/mol. The normalized spacial score (nSPS) is 12.0. The number of carbonyl (C=O) groups is 2. The largest absolute Gasteiger partial charge is 0.462 e. The van der Waals surface area contributed by atoms with Gasteiger partial charge >= 0.3 is 5.97 Å². The van der Waals surface area contributed by atoms with Crippen LogP contribution in [0.5, 0.6) is 0 Å². The summed E-state index contributed by atoms with van der Waals surface area (Å²) in [6, 6.07) is 9.28. The highest BCUT2D eigenvalue weighted by atomic mass is 19.1. The number of benzene rings is 1. The summed E-state index contributed by atoms with van der Waals surface area (Å²) in [6.45, 7) is 5.58. The second kappa shape index (κ2) is 9.57. The Morgan fingerprint density at radius 3 is 2.49 bits per heavy atom. The van der Waals surface area contributed by atoms with Gasteiger partial charge in [-0.2, -0.15) is 4.99 Å². The molecule has 0 N–H and O–H groups in total. The van der Waals surface area contributed by atoms with Crippen LogP contribution in [-0.2, 0) is 11.3 Å². The molecule has 0 spiro atoms. The molecule has 0 fully saturated rings. The van der Waals surface area contributed by atoms with Gasteiger partial charge in [0.05, 0.1) is 12.0 Å². The molecule has 1 amide bonds. The Hall–Kier alpha value is -4.21. The number of nitrogens with zero attached hydrogens (tertiary/aromatic N) is 4. The highest BCUT2D eigenvalue weighted by molar-refractivity contribution is 5.97. The summed E-state index contributed by atoms with van der Waals surface area (Å²) in [7, 11) is 0. The maximum absolute atomic E-state index is 14.3. The molecule has 0 radical (unpaired) electrons. The number of ether oxygens (including phenoxy) is 1. The maximum atomic E-state index is 14.3. The standard InChI is InChI=1S/C25H22F2N4O4/c1-4-35-25(34)16-12-15-21(28-19-10-5-6-11-30(19)24(15)33)31(13-14(2)3)22(16)29-23(32)20-17(26)8-7-9-18(20)27/h5-12,14H,4,13H2,1-3H3. The van der Waals surface area contributed by atoms with E-state index in [9.17, 15) is 23.2 Å². The molecule has 3 heterocycles. The fourth-order valence-electron chi connectivity index (χ4n) is 3.75. The van der Waals surface area contributed by atoms with Gasteiger partial charge in [0, 0.05) is 12.7 Å². The van der Waals surface area contributed by atoms with Crippen molar-refractivity contribution >= 4 is 28.6 Å². The third-order valence-corrected chi connectivity index (χ3v) is 5.22. The number of esters is 1. The summed E-state index contributed by atoms with van der Waals surface area (Å²) in [6.07, 6.45) is 1.55. The molecule has 180 valence electrons. The van der Waals surface area contributed by atoms with Gasteiger partial charge in [-0.25, -0.2) is 18.6 Å². The number of aromatic nitrogens is 3. The molecule has 4 aromatic rings. The van der Waals surface area contributed by atoms with Crippen LogP contribution in [0.3, 0.4) is 0 Å². The van der Waals surface area contributed by atoms with Crippen molar-refractivity contribution in [1.82, 2.24) is 14.0 Å². The first-order valence-corrected chi connectivity index (χ1v) is 11.0. The topological polar surface area (TPSA) is 95.0 Å². The number of carbonyl (C=O) groups excluding carboxylic acids is 2. The molecule has 1 aromatic carbocycles. The van der Waals surface area contributed by atoms with Crippen LogP contribution in [0, 0.1) is 17.6 Å². The van der Waals surface area contributed by atoms with Crippen LogP contribution in [0.4, 0.5) is 8.78 Å². The minimum Gasteiger partial charge on any atom is -0.462 e. The summed E-state index contributed by atoms with van der Waals surface area (Å²) in [5.41, 5.74) is -1.19. The van der Waals surface area contributed by atoms with Gasteiger partial charge in [-0.15, -0.1) is 0 Å². The predicted octanol–water partition coefficient (Wildman–Crippen LogP) is 3.50. The maximum Gasteiger partial charge on any atom is 0.341 e. The van der Waals surface area contributed by atoms with Crippen LogP contribution < -0.4 is 11.0 Å². The molecule has 0 saturated heterocycles. The molecule has 0 aliphatic heterocycles. The Labute approximate surface area is 198 Å². The van der Waals surface area contributed by atoms with E-state index in [0.717, 1.165) is 18.2 Å². The van der Waals surface area contributed by atoms with Crippen LogP contribution in [0.1, 0.15) is 41.5 Å². The lowest BCUT2D eigenvalue weighted by Crippen LogP contribution is -2.34. The first-order valence-electron chi connectivity index (χ1n) is 11.0. The van der Waals surface area contributed by atoms with E-state index >= 15 is 0 Å². The van der Waals surface area contributed by atoms with Crippen LogP contribution in [0.25, 0.3) is 16.7 Å². The van der Waals surface area contributed by atoms with E-state index in [-0.39, 0.29) is 41.2 Å². The Morgan fingerprint density at radius 1 is 1.11 bits per heavy atom. The van der Waals surface area contributed by atoms with Crippen molar-refractivity contribution in [2.75, 3.05) is 6.61 Å². The fourth-order valence-corrected chi connectivity index (χ4v) is 3.75. The zero-order chi connectivity index (χ0) is 25.3. The Balaban J connectivity index is 2.16. The average Bonchev–Trinajstić information content (AvgIpc) is 2.80. The molecule has 3 aromatic heterocycles. The summed E-state index contributed by atoms with van der Waals surface area (Å²) in [5.74, 6) is -4.28. The smallest absolute Gasteiger partial charge is 0.341 e.